The van der Waals surface area contributed by atoms with Gasteiger partial charge in [0.25, 0.3) is 5.91 Å². The molecular weight excluding hydrogens is 228 g/mol. The molecule has 1 amide bonds. The molecule has 2 rings (SSSR count). The van der Waals surface area contributed by atoms with Gasteiger partial charge in [-0.3, -0.25) is 10.2 Å². The maximum absolute atomic E-state index is 11.7. The molecule has 4 heteroatoms. The molecule has 0 aromatic heterocycles. The van der Waals surface area contributed by atoms with Crippen molar-refractivity contribution >= 4 is 5.91 Å². The molecule has 1 aromatic rings. The second-order valence-electron chi connectivity index (χ2n) is 4.48. The first-order valence-electron chi connectivity index (χ1n) is 6.29. The van der Waals surface area contributed by atoms with E-state index in [0.717, 1.165) is 12.8 Å². The zero-order valence-corrected chi connectivity index (χ0v) is 10.3. The van der Waals surface area contributed by atoms with Crippen LogP contribution in [0.4, 0.5) is 0 Å². The third-order valence-corrected chi connectivity index (χ3v) is 3.11. The highest BCUT2D eigenvalue weighted by Crippen LogP contribution is 2.21. The van der Waals surface area contributed by atoms with Crippen LogP contribution < -0.4 is 10.9 Å². The van der Waals surface area contributed by atoms with E-state index < -0.39 is 0 Å². The van der Waals surface area contributed by atoms with Gasteiger partial charge in [-0.15, -0.1) is 0 Å². The molecule has 0 atom stereocenters. The summed E-state index contributed by atoms with van der Waals surface area (Å²) in [6.07, 6.45) is 7.79. The van der Waals surface area contributed by atoms with Gasteiger partial charge in [0, 0.05) is 6.20 Å². The molecular formula is C14H18N2O2. The minimum Gasteiger partial charge on any atom is -0.507 e. The van der Waals surface area contributed by atoms with Crippen LogP contribution in [-0.4, -0.2) is 11.0 Å². The van der Waals surface area contributed by atoms with Gasteiger partial charge in [0.1, 0.15) is 5.75 Å². The number of carbonyl (C=O) groups excluding carboxylic acids is 1. The predicted molar refractivity (Wildman–Crippen MR) is 69.9 cm³/mol. The van der Waals surface area contributed by atoms with Gasteiger partial charge in [-0.1, -0.05) is 24.1 Å². The molecule has 0 spiro atoms. The van der Waals surface area contributed by atoms with Crippen LogP contribution in [0, 0.1) is 0 Å². The number of aromatic hydroxyl groups is 1. The number of allylic oxidation sites excluding steroid dienone is 1. The van der Waals surface area contributed by atoms with Crippen molar-refractivity contribution in [1.82, 2.24) is 10.9 Å². The van der Waals surface area contributed by atoms with Gasteiger partial charge in [-0.2, -0.15) is 0 Å². The Hall–Kier alpha value is -1.97. The Morgan fingerprint density at radius 2 is 1.89 bits per heavy atom. The van der Waals surface area contributed by atoms with Crippen LogP contribution >= 0.6 is 0 Å². The van der Waals surface area contributed by atoms with Crippen LogP contribution in [0.15, 0.2) is 36.0 Å². The highest BCUT2D eigenvalue weighted by atomic mass is 16.3. The Bertz CT molecular complexity index is 447. The van der Waals surface area contributed by atoms with Crippen LogP contribution in [0.5, 0.6) is 5.75 Å². The number of para-hydroxylation sites is 1. The van der Waals surface area contributed by atoms with E-state index in [-0.39, 0.29) is 17.2 Å². The Morgan fingerprint density at radius 3 is 2.61 bits per heavy atom. The molecule has 0 bridgehead atoms. The molecule has 1 aliphatic carbocycles. The fourth-order valence-electron chi connectivity index (χ4n) is 2.09. The average molecular weight is 246 g/mol. The smallest absolute Gasteiger partial charge is 0.273 e. The summed E-state index contributed by atoms with van der Waals surface area (Å²) in [7, 11) is 0. The number of hydrazine groups is 1. The molecule has 3 N–H and O–H groups in total. The lowest BCUT2D eigenvalue weighted by Crippen LogP contribution is -2.34. The lowest BCUT2D eigenvalue weighted by molar-refractivity contribution is 0.0938. The highest BCUT2D eigenvalue weighted by Gasteiger charge is 2.09. The van der Waals surface area contributed by atoms with Crippen molar-refractivity contribution in [3.63, 3.8) is 0 Å². The molecule has 1 fully saturated rings. The lowest BCUT2D eigenvalue weighted by Gasteiger charge is -2.14. The third-order valence-electron chi connectivity index (χ3n) is 3.11. The minimum absolute atomic E-state index is 0.0119. The van der Waals surface area contributed by atoms with E-state index in [4.69, 9.17) is 0 Å². The maximum Gasteiger partial charge on any atom is 0.273 e. The number of rotatable bonds is 3. The van der Waals surface area contributed by atoms with Gasteiger partial charge in [0.05, 0.1) is 5.56 Å². The zero-order valence-electron chi connectivity index (χ0n) is 10.3. The number of phenolic OH excluding ortho intramolecular Hbond substituents is 1. The normalized spacial score (nSPS) is 15.0. The Kier molecular flexibility index (Phi) is 4.23. The van der Waals surface area contributed by atoms with Crippen molar-refractivity contribution in [2.24, 2.45) is 0 Å². The molecule has 0 aliphatic heterocycles. The maximum atomic E-state index is 11.7. The fourth-order valence-corrected chi connectivity index (χ4v) is 2.09. The Labute approximate surface area is 107 Å². The predicted octanol–water partition coefficient (Wildman–Crippen LogP) is 2.47. The number of hydrogen-bond donors (Lipinski definition) is 3. The molecule has 1 aromatic carbocycles. The van der Waals surface area contributed by atoms with E-state index in [1.165, 1.54) is 30.9 Å². The van der Waals surface area contributed by atoms with Crippen molar-refractivity contribution in [3.05, 3.63) is 41.6 Å². The second kappa shape index (κ2) is 6.10. The first-order chi connectivity index (χ1) is 8.77. The molecule has 18 heavy (non-hydrogen) atoms. The topological polar surface area (TPSA) is 61.4 Å². The summed E-state index contributed by atoms with van der Waals surface area (Å²) in [5.74, 6) is -0.345. The van der Waals surface area contributed by atoms with E-state index >= 15 is 0 Å². The van der Waals surface area contributed by atoms with Crippen molar-refractivity contribution in [3.8, 4) is 5.75 Å². The summed E-state index contributed by atoms with van der Waals surface area (Å²) in [5, 5.41) is 9.52. The summed E-state index contributed by atoms with van der Waals surface area (Å²) >= 11 is 0. The molecule has 0 radical (unpaired) electrons. The van der Waals surface area contributed by atoms with Crippen molar-refractivity contribution < 1.29 is 9.90 Å². The first kappa shape index (κ1) is 12.5. The summed E-state index contributed by atoms with van der Waals surface area (Å²) < 4.78 is 0. The summed E-state index contributed by atoms with van der Waals surface area (Å²) in [6, 6.07) is 6.48. The Morgan fingerprint density at radius 1 is 1.17 bits per heavy atom. The number of amides is 1. The molecule has 0 saturated heterocycles. The number of benzene rings is 1. The quantitative estimate of drug-likeness (QED) is 0.718. The average Bonchev–Trinajstić information content (AvgIpc) is 2.40. The van der Waals surface area contributed by atoms with E-state index in [0.29, 0.717) is 0 Å². The largest absolute Gasteiger partial charge is 0.507 e. The number of phenols is 1. The molecule has 1 saturated carbocycles. The number of carbonyl (C=O) groups is 1. The number of hydrogen-bond acceptors (Lipinski definition) is 3. The summed E-state index contributed by atoms with van der Waals surface area (Å²) in [4.78, 5) is 11.7. The molecule has 96 valence electrons. The first-order valence-corrected chi connectivity index (χ1v) is 6.29. The van der Waals surface area contributed by atoms with Crippen LogP contribution in [-0.2, 0) is 0 Å². The second-order valence-corrected chi connectivity index (χ2v) is 4.48. The van der Waals surface area contributed by atoms with E-state index in [1.54, 1.807) is 18.2 Å². The Balaban J connectivity index is 1.87. The van der Waals surface area contributed by atoms with Crippen molar-refractivity contribution in [1.29, 1.82) is 0 Å². The van der Waals surface area contributed by atoms with Gasteiger partial charge in [0.2, 0.25) is 0 Å². The van der Waals surface area contributed by atoms with Gasteiger partial charge in [-0.25, -0.2) is 0 Å². The van der Waals surface area contributed by atoms with Gasteiger partial charge >= 0.3 is 0 Å². The monoisotopic (exact) mass is 246 g/mol. The minimum atomic E-state index is -0.333. The zero-order chi connectivity index (χ0) is 12.8. The van der Waals surface area contributed by atoms with Gasteiger partial charge in [0.15, 0.2) is 0 Å². The molecule has 4 nitrogen and oxygen atoms in total. The van der Waals surface area contributed by atoms with E-state index in [1.807, 2.05) is 6.20 Å². The lowest BCUT2D eigenvalue weighted by atomic mass is 9.96. The highest BCUT2D eigenvalue weighted by molar-refractivity contribution is 5.96. The molecule has 1 aliphatic rings. The molecule has 0 heterocycles. The fraction of sp³-hybridized carbons (Fsp3) is 0.357. The van der Waals surface area contributed by atoms with Crippen molar-refractivity contribution in [2.75, 3.05) is 0 Å². The standard InChI is InChI=1S/C14H18N2O2/c17-13-9-5-4-8-12(13)14(18)16-15-10-11-6-2-1-3-7-11/h4-5,8-10,15,17H,1-3,6-7H2,(H,16,18). The number of nitrogens with one attached hydrogen (secondary N) is 2. The van der Waals surface area contributed by atoms with E-state index in [2.05, 4.69) is 10.9 Å². The van der Waals surface area contributed by atoms with Crippen LogP contribution in [0.3, 0.4) is 0 Å². The van der Waals surface area contributed by atoms with Crippen molar-refractivity contribution in [2.45, 2.75) is 32.1 Å². The summed E-state index contributed by atoms with van der Waals surface area (Å²) in [6.45, 7) is 0. The van der Waals surface area contributed by atoms with E-state index in [9.17, 15) is 9.90 Å². The third kappa shape index (κ3) is 3.26. The van der Waals surface area contributed by atoms with Gasteiger partial charge < -0.3 is 10.5 Å². The van der Waals surface area contributed by atoms with Crippen LogP contribution in [0.1, 0.15) is 42.5 Å². The van der Waals surface area contributed by atoms with Gasteiger partial charge in [-0.05, 0) is 37.8 Å². The SMILES string of the molecule is O=C(NNC=C1CCCCC1)c1ccccc1O. The van der Waals surface area contributed by atoms with Crippen LogP contribution in [0.25, 0.3) is 0 Å². The molecule has 0 unspecified atom stereocenters. The summed E-state index contributed by atoms with van der Waals surface area (Å²) in [5.41, 5.74) is 6.97. The van der Waals surface area contributed by atoms with Crippen LogP contribution in [0.2, 0.25) is 0 Å².